The molecular weight excluding hydrogens is 316 g/mol. The monoisotopic (exact) mass is 332 g/mol. The summed E-state index contributed by atoms with van der Waals surface area (Å²) in [5.74, 6) is 1.45. The number of benzene rings is 2. The van der Waals surface area contributed by atoms with Gasteiger partial charge in [-0.3, -0.25) is 0 Å². The number of hydrogen-bond acceptors (Lipinski definition) is 3. The van der Waals surface area contributed by atoms with E-state index in [9.17, 15) is 4.79 Å². The summed E-state index contributed by atoms with van der Waals surface area (Å²) in [6.07, 6.45) is 0. The van der Waals surface area contributed by atoms with Gasteiger partial charge in [0.15, 0.2) is 11.5 Å². The number of amides is 2. The van der Waals surface area contributed by atoms with Crippen LogP contribution in [0.15, 0.2) is 42.5 Å². The number of hydrogen-bond donors (Lipinski definition) is 1. The molecule has 1 N–H and O–H groups in total. The Kier molecular flexibility index (Phi) is 4.57. The van der Waals surface area contributed by atoms with Crippen LogP contribution in [-0.4, -0.2) is 24.3 Å². The van der Waals surface area contributed by atoms with Gasteiger partial charge in [-0.2, -0.15) is 0 Å². The molecule has 1 aliphatic rings. The molecule has 5 nitrogen and oxygen atoms in total. The molecule has 2 aromatic carbocycles. The Morgan fingerprint density at radius 2 is 2.04 bits per heavy atom. The second-order valence-corrected chi connectivity index (χ2v) is 5.58. The molecule has 0 aromatic heterocycles. The minimum atomic E-state index is -0.174. The lowest BCUT2D eigenvalue weighted by Crippen LogP contribution is -2.34. The first kappa shape index (κ1) is 15.5. The first-order valence-corrected chi connectivity index (χ1v) is 7.73. The maximum atomic E-state index is 12.4. The molecule has 2 amide bonds. The quantitative estimate of drug-likeness (QED) is 0.916. The second-order valence-electron chi connectivity index (χ2n) is 5.14. The first-order chi connectivity index (χ1) is 11.2. The van der Waals surface area contributed by atoms with Gasteiger partial charge in [0.1, 0.15) is 0 Å². The molecule has 0 bridgehead atoms. The molecule has 3 rings (SSSR count). The normalized spacial score (nSPS) is 12.1. The van der Waals surface area contributed by atoms with Gasteiger partial charge >= 0.3 is 6.03 Å². The lowest BCUT2D eigenvalue weighted by atomic mass is 10.2. The minimum absolute atomic E-state index is 0.174. The third kappa shape index (κ3) is 3.68. The molecule has 0 spiro atoms. The average Bonchev–Trinajstić information content (AvgIpc) is 3.00. The summed E-state index contributed by atoms with van der Waals surface area (Å²) in [7, 11) is 0. The zero-order chi connectivity index (χ0) is 16.2. The van der Waals surface area contributed by atoms with E-state index in [1.54, 1.807) is 29.2 Å². The molecule has 0 unspecified atom stereocenters. The van der Waals surface area contributed by atoms with E-state index in [-0.39, 0.29) is 12.8 Å². The minimum Gasteiger partial charge on any atom is -0.454 e. The van der Waals surface area contributed by atoms with Crippen molar-refractivity contribution >= 4 is 23.3 Å². The van der Waals surface area contributed by atoms with Crippen LogP contribution in [0.1, 0.15) is 12.5 Å². The topological polar surface area (TPSA) is 50.8 Å². The highest BCUT2D eigenvalue weighted by molar-refractivity contribution is 6.30. The number of carbonyl (C=O) groups is 1. The molecule has 0 fully saturated rings. The Balaban J connectivity index is 1.68. The average molecular weight is 333 g/mol. The maximum Gasteiger partial charge on any atom is 0.322 e. The van der Waals surface area contributed by atoms with Crippen molar-refractivity contribution in [2.24, 2.45) is 0 Å². The molecule has 2 aromatic rings. The zero-order valence-electron chi connectivity index (χ0n) is 12.7. The summed E-state index contributed by atoms with van der Waals surface area (Å²) in [6, 6.07) is 12.6. The summed E-state index contributed by atoms with van der Waals surface area (Å²) in [6.45, 7) is 3.25. The Morgan fingerprint density at radius 3 is 2.83 bits per heavy atom. The van der Waals surface area contributed by atoms with Crippen LogP contribution in [0, 0.1) is 0 Å². The zero-order valence-corrected chi connectivity index (χ0v) is 13.5. The fourth-order valence-corrected chi connectivity index (χ4v) is 2.55. The molecule has 6 heteroatoms. The predicted octanol–water partition coefficient (Wildman–Crippen LogP) is 4.12. The Hall–Kier alpha value is -2.40. The van der Waals surface area contributed by atoms with E-state index in [4.69, 9.17) is 21.1 Å². The van der Waals surface area contributed by atoms with Crippen LogP contribution in [-0.2, 0) is 6.54 Å². The number of nitrogens with zero attached hydrogens (tertiary/aromatic N) is 1. The van der Waals surface area contributed by atoms with E-state index in [1.807, 2.05) is 25.1 Å². The van der Waals surface area contributed by atoms with Crippen molar-refractivity contribution in [1.82, 2.24) is 4.90 Å². The third-order valence-electron chi connectivity index (χ3n) is 3.56. The van der Waals surface area contributed by atoms with E-state index in [2.05, 4.69) is 5.32 Å². The number of anilines is 1. The van der Waals surface area contributed by atoms with Gasteiger partial charge in [-0.15, -0.1) is 0 Å². The van der Waals surface area contributed by atoms with Gasteiger partial charge in [-0.1, -0.05) is 23.7 Å². The lowest BCUT2D eigenvalue weighted by Gasteiger charge is -2.21. The number of halogens is 1. The van der Waals surface area contributed by atoms with Crippen molar-refractivity contribution in [2.45, 2.75) is 13.5 Å². The van der Waals surface area contributed by atoms with Gasteiger partial charge in [-0.05, 0) is 42.8 Å². The summed E-state index contributed by atoms with van der Waals surface area (Å²) in [4.78, 5) is 14.1. The number of nitrogens with one attached hydrogen (secondary N) is 1. The van der Waals surface area contributed by atoms with Gasteiger partial charge in [0.05, 0.1) is 0 Å². The highest BCUT2D eigenvalue weighted by Gasteiger charge is 2.16. The van der Waals surface area contributed by atoms with Crippen LogP contribution >= 0.6 is 11.6 Å². The third-order valence-corrected chi connectivity index (χ3v) is 3.79. The van der Waals surface area contributed by atoms with Crippen molar-refractivity contribution in [3.63, 3.8) is 0 Å². The molecular formula is C17H17ClN2O3. The van der Waals surface area contributed by atoms with Crippen molar-refractivity contribution in [1.29, 1.82) is 0 Å². The van der Waals surface area contributed by atoms with E-state index in [0.29, 0.717) is 29.5 Å². The van der Waals surface area contributed by atoms with Crippen LogP contribution in [0.3, 0.4) is 0 Å². The second kappa shape index (κ2) is 6.79. The smallest absolute Gasteiger partial charge is 0.322 e. The maximum absolute atomic E-state index is 12.4. The molecule has 0 saturated heterocycles. The van der Waals surface area contributed by atoms with Gasteiger partial charge < -0.3 is 19.7 Å². The van der Waals surface area contributed by atoms with Crippen LogP contribution in [0.2, 0.25) is 5.02 Å². The Labute approximate surface area is 139 Å². The highest BCUT2D eigenvalue weighted by atomic mass is 35.5. The SMILES string of the molecule is CCN(Cc1ccc2c(c1)OCO2)C(=O)Nc1cccc(Cl)c1. The van der Waals surface area contributed by atoms with Crippen LogP contribution < -0.4 is 14.8 Å². The largest absolute Gasteiger partial charge is 0.454 e. The number of rotatable bonds is 4. The van der Waals surface area contributed by atoms with Gasteiger partial charge in [-0.25, -0.2) is 4.79 Å². The van der Waals surface area contributed by atoms with Gasteiger partial charge in [0.25, 0.3) is 0 Å². The molecule has 0 saturated carbocycles. The fraction of sp³-hybridized carbons (Fsp3) is 0.235. The summed E-state index contributed by atoms with van der Waals surface area (Å²) in [5, 5.41) is 3.44. The summed E-state index contributed by atoms with van der Waals surface area (Å²) in [5.41, 5.74) is 1.66. The first-order valence-electron chi connectivity index (χ1n) is 7.35. The van der Waals surface area contributed by atoms with E-state index in [0.717, 1.165) is 11.3 Å². The molecule has 1 heterocycles. The summed E-state index contributed by atoms with van der Waals surface area (Å²) >= 11 is 5.93. The fourth-order valence-electron chi connectivity index (χ4n) is 2.36. The predicted molar refractivity (Wildman–Crippen MR) is 89.1 cm³/mol. The Bertz CT molecular complexity index is 721. The van der Waals surface area contributed by atoms with Crippen LogP contribution in [0.5, 0.6) is 11.5 Å². The van der Waals surface area contributed by atoms with E-state index < -0.39 is 0 Å². The van der Waals surface area contributed by atoms with Crippen LogP contribution in [0.25, 0.3) is 0 Å². The highest BCUT2D eigenvalue weighted by Crippen LogP contribution is 2.32. The number of carbonyl (C=O) groups excluding carboxylic acids is 1. The van der Waals surface area contributed by atoms with E-state index >= 15 is 0 Å². The molecule has 0 aliphatic carbocycles. The van der Waals surface area contributed by atoms with Crippen molar-refractivity contribution in [3.05, 3.63) is 53.1 Å². The van der Waals surface area contributed by atoms with Crippen LogP contribution in [0.4, 0.5) is 10.5 Å². The number of urea groups is 1. The molecule has 120 valence electrons. The van der Waals surface area contributed by atoms with Gasteiger partial charge in [0.2, 0.25) is 6.79 Å². The lowest BCUT2D eigenvalue weighted by molar-refractivity contribution is 0.174. The standard InChI is InChI=1S/C17H17ClN2O3/c1-2-20(17(21)19-14-5-3-4-13(18)9-14)10-12-6-7-15-16(8-12)23-11-22-15/h3-9H,2,10-11H2,1H3,(H,19,21). The number of fused-ring (bicyclic) bond motifs is 1. The van der Waals surface area contributed by atoms with Gasteiger partial charge in [0, 0.05) is 23.8 Å². The molecule has 23 heavy (non-hydrogen) atoms. The summed E-state index contributed by atoms with van der Waals surface area (Å²) < 4.78 is 10.7. The molecule has 0 radical (unpaired) electrons. The van der Waals surface area contributed by atoms with E-state index in [1.165, 1.54) is 0 Å². The van der Waals surface area contributed by atoms with Crippen molar-refractivity contribution in [3.8, 4) is 11.5 Å². The van der Waals surface area contributed by atoms with Crippen molar-refractivity contribution in [2.75, 3.05) is 18.7 Å². The molecule has 0 atom stereocenters. The Morgan fingerprint density at radius 1 is 1.22 bits per heavy atom. The number of ether oxygens (including phenoxy) is 2. The molecule has 1 aliphatic heterocycles. The van der Waals surface area contributed by atoms with Crippen molar-refractivity contribution < 1.29 is 14.3 Å².